The zero-order valence-electron chi connectivity index (χ0n) is 15.2. The number of ether oxygens (including phenoxy) is 1. The van der Waals surface area contributed by atoms with Crippen LogP contribution in [0, 0.1) is 12.8 Å². The van der Waals surface area contributed by atoms with Crippen molar-refractivity contribution in [3.8, 4) is 17.0 Å². The fraction of sp³-hybridized carbons (Fsp3) is 0.389. The van der Waals surface area contributed by atoms with Crippen molar-refractivity contribution < 1.29 is 23.1 Å². The summed E-state index contributed by atoms with van der Waals surface area (Å²) in [7, 11) is 0. The van der Waals surface area contributed by atoms with E-state index < -0.39 is 6.61 Å². The minimum Gasteiger partial charge on any atom is -0.435 e. The van der Waals surface area contributed by atoms with E-state index in [1.807, 2.05) is 13.8 Å². The first-order valence-electron chi connectivity index (χ1n) is 8.40. The SMILES string of the molecule is CCC(C)C(=O)NCC(=O)Nc1nc(-c2ccc(OC(F)F)cc2)c(C)s1. The third-order valence-electron chi connectivity index (χ3n) is 3.88. The molecule has 0 radical (unpaired) electrons. The van der Waals surface area contributed by atoms with E-state index in [-0.39, 0.29) is 30.0 Å². The maximum Gasteiger partial charge on any atom is 0.387 e. The van der Waals surface area contributed by atoms with Gasteiger partial charge in [0.15, 0.2) is 5.13 Å². The van der Waals surface area contributed by atoms with Gasteiger partial charge in [-0.1, -0.05) is 13.8 Å². The van der Waals surface area contributed by atoms with Gasteiger partial charge < -0.3 is 15.4 Å². The Labute approximate surface area is 160 Å². The lowest BCUT2D eigenvalue weighted by Crippen LogP contribution is -2.35. The molecular weight excluding hydrogens is 376 g/mol. The highest BCUT2D eigenvalue weighted by Gasteiger charge is 2.15. The highest BCUT2D eigenvalue weighted by molar-refractivity contribution is 7.16. The molecule has 6 nitrogen and oxygen atoms in total. The highest BCUT2D eigenvalue weighted by atomic mass is 32.1. The number of halogens is 2. The summed E-state index contributed by atoms with van der Waals surface area (Å²) < 4.78 is 28.7. The van der Waals surface area contributed by atoms with Crippen molar-refractivity contribution in [2.24, 2.45) is 5.92 Å². The second-order valence-corrected chi connectivity index (χ2v) is 7.11. The average Bonchev–Trinajstić information content (AvgIpc) is 2.99. The van der Waals surface area contributed by atoms with Crippen molar-refractivity contribution in [2.75, 3.05) is 11.9 Å². The molecule has 0 aliphatic heterocycles. The molecule has 0 spiro atoms. The van der Waals surface area contributed by atoms with Crippen LogP contribution in [0.3, 0.4) is 0 Å². The monoisotopic (exact) mass is 397 g/mol. The zero-order chi connectivity index (χ0) is 20.0. The molecule has 1 atom stereocenters. The van der Waals surface area contributed by atoms with Crippen LogP contribution in [-0.4, -0.2) is 30.0 Å². The van der Waals surface area contributed by atoms with E-state index in [2.05, 4.69) is 20.4 Å². The number of nitrogens with one attached hydrogen (secondary N) is 2. The maximum atomic E-state index is 12.2. The molecular formula is C18H21F2N3O3S. The molecule has 1 heterocycles. The number of aromatic nitrogens is 1. The van der Waals surface area contributed by atoms with Crippen LogP contribution >= 0.6 is 11.3 Å². The minimum atomic E-state index is -2.88. The molecule has 146 valence electrons. The van der Waals surface area contributed by atoms with E-state index in [1.54, 1.807) is 19.1 Å². The maximum absolute atomic E-state index is 12.2. The number of benzene rings is 1. The minimum absolute atomic E-state index is 0.0622. The van der Waals surface area contributed by atoms with Crippen LogP contribution in [0.15, 0.2) is 24.3 Å². The van der Waals surface area contributed by atoms with Gasteiger partial charge in [0.2, 0.25) is 11.8 Å². The van der Waals surface area contributed by atoms with E-state index in [0.29, 0.717) is 17.2 Å². The van der Waals surface area contributed by atoms with Crippen molar-refractivity contribution in [3.05, 3.63) is 29.1 Å². The summed E-state index contributed by atoms with van der Waals surface area (Å²) in [6, 6.07) is 6.11. The molecule has 1 aromatic heterocycles. The lowest BCUT2D eigenvalue weighted by atomic mass is 10.1. The van der Waals surface area contributed by atoms with Crippen molar-refractivity contribution >= 4 is 28.3 Å². The molecule has 0 bridgehead atoms. The topological polar surface area (TPSA) is 80.3 Å². The molecule has 0 aliphatic rings. The number of hydrogen-bond acceptors (Lipinski definition) is 5. The highest BCUT2D eigenvalue weighted by Crippen LogP contribution is 2.31. The third-order valence-corrected chi connectivity index (χ3v) is 4.77. The summed E-state index contributed by atoms with van der Waals surface area (Å²) in [6.07, 6.45) is 0.698. The Morgan fingerprint density at radius 1 is 1.26 bits per heavy atom. The van der Waals surface area contributed by atoms with Gasteiger partial charge in [-0.3, -0.25) is 9.59 Å². The Morgan fingerprint density at radius 3 is 2.52 bits per heavy atom. The van der Waals surface area contributed by atoms with Crippen molar-refractivity contribution in [2.45, 2.75) is 33.8 Å². The Bertz CT molecular complexity index is 794. The van der Waals surface area contributed by atoms with Crippen LogP contribution < -0.4 is 15.4 Å². The number of nitrogens with zero attached hydrogens (tertiary/aromatic N) is 1. The van der Waals surface area contributed by atoms with Gasteiger partial charge in [0.1, 0.15) is 5.75 Å². The molecule has 0 aliphatic carbocycles. The molecule has 1 unspecified atom stereocenters. The summed E-state index contributed by atoms with van der Waals surface area (Å²) >= 11 is 1.29. The van der Waals surface area contributed by atoms with Crippen molar-refractivity contribution in [3.63, 3.8) is 0 Å². The Kier molecular flexibility index (Phi) is 7.23. The number of thiazole rings is 1. The van der Waals surface area contributed by atoms with Gasteiger partial charge in [0, 0.05) is 16.4 Å². The third kappa shape index (κ3) is 5.99. The van der Waals surface area contributed by atoms with Crippen LogP contribution in [0.1, 0.15) is 25.1 Å². The summed E-state index contributed by atoms with van der Waals surface area (Å²) in [5, 5.41) is 5.63. The first kappa shape index (κ1) is 20.8. The van der Waals surface area contributed by atoms with Gasteiger partial charge in [-0.15, -0.1) is 11.3 Å². The van der Waals surface area contributed by atoms with Crippen LogP contribution in [0.5, 0.6) is 5.75 Å². The Balaban J connectivity index is 1.99. The number of amides is 2. The van der Waals surface area contributed by atoms with E-state index in [9.17, 15) is 18.4 Å². The molecule has 2 aromatic rings. The van der Waals surface area contributed by atoms with Gasteiger partial charge in [0.05, 0.1) is 12.2 Å². The second-order valence-electron chi connectivity index (χ2n) is 5.90. The number of anilines is 1. The van der Waals surface area contributed by atoms with Crippen LogP contribution in [0.2, 0.25) is 0 Å². The predicted molar refractivity (Wildman–Crippen MR) is 100 cm³/mol. The first-order chi connectivity index (χ1) is 12.8. The lowest BCUT2D eigenvalue weighted by molar-refractivity contribution is -0.126. The van der Waals surface area contributed by atoms with Gasteiger partial charge in [0.25, 0.3) is 0 Å². The van der Waals surface area contributed by atoms with Gasteiger partial charge in [-0.05, 0) is 37.6 Å². The van der Waals surface area contributed by atoms with E-state index in [0.717, 1.165) is 10.4 Å². The van der Waals surface area contributed by atoms with Gasteiger partial charge >= 0.3 is 6.61 Å². The van der Waals surface area contributed by atoms with Crippen LogP contribution in [0.4, 0.5) is 13.9 Å². The molecule has 0 saturated carbocycles. The molecule has 2 rings (SSSR count). The fourth-order valence-electron chi connectivity index (χ4n) is 2.20. The zero-order valence-corrected chi connectivity index (χ0v) is 16.0. The molecule has 0 saturated heterocycles. The van der Waals surface area contributed by atoms with E-state index in [1.165, 1.54) is 23.5 Å². The molecule has 1 aromatic carbocycles. The number of alkyl halides is 2. The Hall–Kier alpha value is -2.55. The molecule has 0 fully saturated rings. The second kappa shape index (κ2) is 9.40. The lowest BCUT2D eigenvalue weighted by Gasteiger charge is -2.09. The molecule has 2 amide bonds. The van der Waals surface area contributed by atoms with E-state index in [4.69, 9.17) is 0 Å². The first-order valence-corrected chi connectivity index (χ1v) is 9.22. The standard InChI is InChI=1S/C18H21F2N3O3S/c1-4-10(2)16(25)21-9-14(24)22-18-23-15(11(3)27-18)12-5-7-13(8-6-12)26-17(19)20/h5-8,10,17H,4,9H2,1-3H3,(H,21,25)(H,22,23,24). The van der Waals surface area contributed by atoms with E-state index >= 15 is 0 Å². The van der Waals surface area contributed by atoms with Gasteiger partial charge in [-0.25, -0.2) is 4.98 Å². The average molecular weight is 397 g/mol. The fourth-order valence-corrected chi connectivity index (χ4v) is 3.05. The molecule has 9 heteroatoms. The van der Waals surface area contributed by atoms with Gasteiger partial charge in [-0.2, -0.15) is 8.78 Å². The number of rotatable bonds is 8. The number of aryl methyl sites for hydroxylation is 1. The number of carbonyl (C=O) groups excluding carboxylic acids is 2. The summed E-state index contributed by atoms with van der Waals surface area (Å²) in [5.74, 6) is -0.627. The number of carbonyl (C=O) groups is 2. The summed E-state index contributed by atoms with van der Waals surface area (Å²) in [5.41, 5.74) is 1.36. The largest absolute Gasteiger partial charge is 0.435 e. The van der Waals surface area contributed by atoms with Crippen molar-refractivity contribution in [1.82, 2.24) is 10.3 Å². The molecule has 27 heavy (non-hydrogen) atoms. The molecule has 2 N–H and O–H groups in total. The Morgan fingerprint density at radius 2 is 1.93 bits per heavy atom. The smallest absolute Gasteiger partial charge is 0.387 e. The normalized spacial score (nSPS) is 11.9. The van der Waals surface area contributed by atoms with Crippen molar-refractivity contribution in [1.29, 1.82) is 0 Å². The summed E-state index contributed by atoms with van der Waals surface area (Å²) in [6.45, 7) is 2.53. The quantitative estimate of drug-likeness (QED) is 0.710. The number of hydrogen-bond donors (Lipinski definition) is 2. The predicted octanol–water partition coefficient (Wildman–Crippen LogP) is 3.82. The summed E-state index contributed by atoms with van der Waals surface area (Å²) in [4.78, 5) is 28.9. The van der Waals surface area contributed by atoms with Crippen LogP contribution in [0.25, 0.3) is 11.3 Å². The van der Waals surface area contributed by atoms with Crippen LogP contribution in [-0.2, 0) is 9.59 Å².